The first-order chi connectivity index (χ1) is 24.1. The zero-order valence-electron chi connectivity index (χ0n) is 31.8. The second-order valence-corrected chi connectivity index (χ2v) is 16.8. The summed E-state index contributed by atoms with van der Waals surface area (Å²) >= 11 is 3.66. The maximum atomic E-state index is 14.5. The second-order valence-electron chi connectivity index (χ2n) is 15.9. The summed E-state index contributed by atoms with van der Waals surface area (Å²) in [6, 6.07) is 0. The van der Waals surface area contributed by atoms with Crippen LogP contribution in [0.5, 0.6) is 0 Å². The van der Waals surface area contributed by atoms with Crippen LogP contribution < -0.4 is 0 Å². The van der Waals surface area contributed by atoms with Crippen LogP contribution in [0.15, 0.2) is 36.5 Å². The Bertz CT molecular complexity index is 1380. The number of halogens is 2. The Hall–Kier alpha value is -0.910. The van der Waals surface area contributed by atoms with Crippen molar-refractivity contribution >= 4 is 63.7 Å². The Balaban J connectivity index is 1.86. The van der Waals surface area contributed by atoms with Gasteiger partial charge in [0.1, 0.15) is 63.8 Å². The number of ether oxygens (including phenoxy) is 4. The zero-order chi connectivity index (χ0) is 38.2. The minimum Gasteiger partial charge on any atom is -0.455 e. The molecule has 1 saturated heterocycles. The summed E-state index contributed by atoms with van der Waals surface area (Å²) in [5, 5.41) is 11.1. The number of aliphatic hydroxyl groups is 1. The monoisotopic (exact) mass is 940 g/mol. The van der Waals surface area contributed by atoms with Crippen LogP contribution in [-0.4, -0.2) is 77.3 Å². The summed E-state index contributed by atoms with van der Waals surface area (Å²) in [6.07, 6.45) is 13.2. The number of epoxide rings is 1. The predicted octanol–water partition coefficient (Wildman–Crippen LogP) is 7.63. The van der Waals surface area contributed by atoms with Gasteiger partial charge in [0.15, 0.2) is 17.0 Å². The van der Waals surface area contributed by atoms with Crippen LogP contribution in [0, 0.1) is 40.9 Å². The molecule has 4 rings (SSSR count). The molecular formula is C39H58I2O10. The van der Waals surface area contributed by atoms with Crippen LogP contribution in [-0.2, 0) is 39.5 Å². The first kappa shape index (κ1) is 42.8. The van der Waals surface area contributed by atoms with E-state index in [9.17, 15) is 19.5 Å². The lowest BCUT2D eigenvalue weighted by atomic mass is 9.57. The van der Waals surface area contributed by atoms with Crippen LogP contribution >= 0.6 is 46.0 Å². The number of carbonyl (C=O) groups excluding carboxylic acids is 3. The van der Waals surface area contributed by atoms with E-state index in [1.165, 1.54) is 26.0 Å². The lowest BCUT2D eigenvalue weighted by Gasteiger charge is -2.56. The number of allylic oxidation sites excluding steroid dienone is 5. The van der Waals surface area contributed by atoms with Gasteiger partial charge in [-0.3, -0.25) is 9.59 Å². The number of carbonyl (C=O) groups is 3. The predicted molar refractivity (Wildman–Crippen MR) is 210 cm³/mol. The molecule has 0 spiro atoms. The van der Waals surface area contributed by atoms with Gasteiger partial charge in [0, 0.05) is 48.2 Å². The minimum absolute atomic E-state index is 0.223. The van der Waals surface area contributed by atoms with Crippen molar-refractivity contribution < 1.29 is 44.6 Å². The van der Waals surface area contributed by atoms with E-state index < -0.39 is 88.3 Å². The molecule has 12 atom stereocenters. The average Bonchev–Trinajstić information content (AvgIpc) is 3.96. The van der Waals surface area contributed by atoms with Gasteiger partial charge in [-0.25, -0.2) is 4.79 Å². The molecule has 0 radical (unpaired) electrons. The van der Waals surface area contributed by atoms with Crippen molar-refractivity contribution in [2.24, 2.45) is 40.9 Å². The summed E-state index contributed by atoms with van der Waals surface area (Å²) in [6.45, 7) is 17.0. The van der Waals surface area contributed by atoms with E-state index in [2.05, 4.69) is 13.0 Å². The molecule has 4 aliphatic rings. The van der Waals surface area contributed by atoms with Crippen LogP contribution in [0.1, 0.15) is 94.4 Å². The Kier molecular flexibility index (Phi) is 13.8. The molecule has 51 heavy (non-hydrogen) atoms. The quantitative estimate of drug-likeness (QED) is 0.0388. The number of unbranched alkanes of at least 4 members (excludes halogenated alkanes) is 3. The van der Waals surface area contributed by atoms with E-state index in [0.29, 0.717) is 6.42 Å². The molecule has 0 aromatic carbocycles. The third-order valence-electron chi connectivity index (χ3n) is 12.8. The third kappa shape index (κ3) is 6.63. The molecule has 12 heteroatoms. The van der Waals surface area contributed by atoms with E-state index in [1.807, 2.05) is 76.7 Å². The van der Waals surface area contributed by atoms with Crippen molar-refractivity contribution in [1.29, 1.82) is 0 Å². The minimum atomic E-state index is -1.63. The molecule has 12 unspecified atom stereocenters. The second kappa shape index (κ2) is 16.4. The summed E-state index contributed by atoms with van der Waals surface area (Å²) in [7, 11) is 1.48. The van der Waals surface area contributed by atoms with Crippen LogP contribution in [0.4, 0.5) is 0 Å². The molecule has 0 bridgehead atoms. The molecule has 1 heterocycles. The lowest BCUT2D eigenvalue weighted by Crippen LogP contribution is -2.71. The normalized spacial score (nSPS) is 40.1. The van der Waals surface area contributed by atoms with Crippen LogP contribution in [0.2, 0.25) is 0 Å². The Morgan fingerprint density at radius 2 is 1.67 bits per heavy atom. The maximum Gasteiger partial charge on any atom is 0.331 e. The number of hydrogen-bond donors (Lipinski definition) is 1. The van der Waals surface area contributed by atoms with E-state index >= 15 is 0 Å². The number of methoxy groups -OCH3 is 1. The van der Waals surface area contributed by atoms with Gasteiger partial charge >= 0.3 is 11.9 Å². The molecule has 288 valence electrons. The van der Waals surface area contributed by atoms with Gasteiger partial charge in [-0.1, -0.05) is 106 Å². The molecule has 10 nitrogen and oxygen atoms in total. The van der Waals surface area contributed by atoms with E-state index in [1.54, 1.807) is 49.0 Å². The van der Waals surface area contributed by atoms with Gasteiger partial charge in [0.2, 0.25) is 0 Å². The zero-order valence-corrected chi connectivity index (χ0v) is 36.1. The Morgan fingerprint density at radius 3 is 2.22 bits per heavy atom. The number of fused-ring (bicyclic) bond motifs is 5. The molecule has 1 N–H and O–H groups in total. The third-order valence-corrected chi connectivity index (χ3v) is 14.1. The van der Waals surface area contributed by atoms with E-state index in [4.69, 9.17) is 25.1 Å². The van der Waals surface area contributed by atoms with Gasteiger partial charge in [-0.05, 0) is 19.3 Å². The van der Waals surface area contributed by atoms with Crippen molar-refractivity contribution in [3.63, 3.8) is 0 Å². The first-order valence-electron chi connectivity index (χ1n) is 18.5. The summed E-state index contributed by atoms with van der Waals surface area (Å²) < 4.78 is 38.7. The Labute approximate surface area is 332 Å². The van der Waals surface area contributed by atoms with Crippen molar-refractivity contribution in [3.05, 3.63) is 36.5 Å². The molecule has 3 saturated carbocycles. The van der Waals surface area contributed by atoms with Crippen molar-refractivity contribution in [3.8, 4) is 0 Å². The first-order valence-corrected chi connectivity index (χ1v) is 20.2. The Morgan fingerprint density at radius 1 is 1.00 bits per heavy atom. The van der Waals surface area contributed by atoms with Gasteiger partial charge in [0.25, 0.3) is 0 Å². The van der Waals surface area contributed by atoms with Crippen molar-refractivity contribution in [2.75, 3.05) is 13.7 Å². The fraction of sp³-hybridized carbons (Fsp3) is 0.769. The molecule has 0 aromatic rings. The summed E-state index contributed by atoms with van der Waals surface area (Å²) in [5.41, 5.74) is -6.14. The highest BCUT2D eigenvalue weighted by Gasteiger charge is 2.93. The molecule has 0 aromatic heterocycles. The smallest absolute Gasteiger partial charge is 0.331 e. The lowest BCUT2D eigenvalue weighted by molar-refractivity contribution is -0.238. The fourth-order valence-corrected chi connectivity index (χ4v) is 11.6. The standard InChI is InChI=1S/C39H58I2O10/c1-11-13-14-15-16-17-18-19-20-21-27(43)47-31-25(6)37(51-41)26(7)38(46-10,30(44)23(3)4)34(50-40)36(22-42)32(48-36)28(37)29-35(8,9)39(29,31)49-33(45)24(5)12-2/h16-21,23-26,28-29,31-32,34,42H,11-15,22H2,1-10H3/b17-16+,19-18+,21-20+. The summed E-state index contributed by atoms with van der Waals surface area (Å²) in [5.74, 6) is -4.38. The number of Topliss-reactive ketones (excluding diaryl/α,β-unsaturated/α-hetero) is 1. The molecular weight excluding hydrogens is 882 g/mol. The van der Waals surface area contributed by atoms with Crippen LogP contribution in [0.25, 0.3) is 0 Å². The van der Waals surface area contributed by atoms with Crippen molar-refractivity contribution in [1.82, 2.24) is 0 Å². The van der Waals surface area contributed by atoms with E-state index in [0.717, 1.165) is 12.8 Å². The molecule has 3 aliphatic carbocycles. The topological polar surface area (TPSA) is 130 Å². The number of rotatable bonds is 17. The molecule has 4 fully saturated rings. The summed E-state index contributed by atoms with van der Waals surface area (Å²) in [4.78, 5) is 42.0. The number of aliphatic hydroxyl groups excluding tert-OH is 1. The van der Waals surface area contributed by atoms with Gasteiger partial charge < -0.3 is 30.2 Å². The van der Waals surface area contributed by atoms with E-state index in [-0.39, 0.29) is 17.7 Å². The van der Waals surface area contributed by atoms with Gasteiger partial charge in [0.05, 0.1) is 24.2 Å². The largest absolute Gasteiger partial charge is 0.455 e. The van der Waals surface area contributed by atoms with Crippen molar-refractivity contribution in [2.45, 2.75) is 135 Å². The highest BCUT2D eigenvalue weighted by Crippen LogP contribution is 2.80. The highest BCUT2D eigenvalue weighted by molar-refractivity contribution is 14.1. The van der Waals surface area contributed by atoms with Gasteiger partial charge in [-0.15, -0.1) is 0 Å². The average molecular weight is 941 g/mol. The number of ketones is 1. The van der Waals surface area contributed by atoms with Gasteiger partial charge in [-0.2, -0.15) is 0 Å². The van der Waals surface area contributed by atoms with Crippen LogP contribution in [0.3, 0.4) is 0 Å². The fourth-order valence-electron chi connectivity index (χ4n) is 9.75. The number of esters is 2. The SMILES string of the molecule is CCCCC/C=C/C=C/C=C/C(=O)OC1C(C)C2(OI)C(C3OC3(CO)C(OI)C(OC)(C(=O)C(C)C)C2C)C2C(C)(C)C12OC(=O)C(C)CC. The highest BCUT2D eigenvalue weighted by atomic mass is 127. The maximum absolute atomic E-state index is 14.5. The molecule has 1 aliphatic heterocycles. The number of hydrogen-bond acceptors (Lipinski definition) is 10. The molecule has 0 amide bonds.